The Morgan fingerprint density at radius 3 is 2.59 bits per heavy atom. The molecular formula is C9H13N3O4S. The summed E-state index contributed by atoms with van der Waals surface area (Å²) in [5, 5.41) is 19.7. The first-order chi connectivity index (χ1) is 7.84. The zero-order valence-corrected chi connectivity index (χ0v) is 10.2. The van der Waals surface area contributed by atoms with Crippen LogP contribution in [0.3, 0.4) is 0 Å². The van der Waals surface area contributed by atoms with Crippen molar-refractivity contribution in [2.45, 2.75) is 26.1 Å². The molecule has 0 aliphatic carbocycles. The molecule has 0 saturated heterocycles. The Hall–Kier alpha value is -1.51. The van der Waals surface area contributed by atoms with Crippen LogP contribution in [0.15, 0.2) is 5.38 Å². The molecule has 0 aliphatic rings. The second-order valence-electron chi connectivity index (χ2n) is 3.77. The van der Waals surface area contributed by atoms with E-state index in [0.717, 1.165) is 11.3 Å². The minimum absolute atomic E-state index is 0.116. The Morgan fingerprint density at radius 2 is 2.12 bits per heavy atom. The first kappa shape index (κ1) is 13.6. The second kappa shape index (κ2) is 5.21. The fraction of sp³-hybridized carbons (Fsp3) is 0.444. The van der Waals surface area contributed by atoms with Gasteiger partial charge in [-0.25, -0.2) is 4.98 Å². The lowest BCUT2D eigenvalue weighted by Crippen LogP contribution is -2.50. The van der Waals surface area contributed by atoms with Crippen LogP contribution in [0.1, 0.15) is 29.3 Å². The van der Waals surface area contributed by atoms with Crippen molar-refractivity contribution in [3.63, 3.8) is 0 Å². The molecule has 2 amide bonds. The Kier molecular flexibility index (Phi) is 4.16. The van der Waals surface area contributed by atoms with Gasteiger partial charge in [0.1, 0.15) is 5.60 Å². The number of nitrogens with one attached hydrogen (secondary N) is 2. The zero-order valence-electron chi connectivity index (χ0n) is 9.35. The number of rotatable bonds is 3. The molecule has 17 heavy (non-hydrogen) atoms. The predicted octanol–water partition coefficient (Wildman–Crippen LogP) is -0.833. The molecule has 8 heteroatoms. The van der Waals surface area contributed by atoms with Crippen molar-refractivity contribution in [1.82, 2.24) is 15.8 Å². The highest BCUT2D eigenvalue weighted by Gasteiger charge is 2.24. The highest BCUT2D eigenvalue weighted by molar-refractivity contribution is 7.11. The molecule has 0 unspecified atom stereocenters. The normalized spacial score (nSPS) is 11.1. The van der Waals surface area contributed by atoms with Crippen LogP contribution in [-0.2, 0) is 11.4 Å². The summed E-state index contributed by atoms with van der Waals surface area (Å²) in [6.07, 6.45) is 0. The van der Waals surface area contributed by atoms with Gasteiger partial charge in [-0.3, -0.25) is 20.4 Å². The average molecular weight is 259 g/mol. The molecule has 0 atom stereocenters. The Bertz CT molecular complexity index is 424. The zero-order chi connectivity index (χ0) is 13.1. The van der Waals surface area contributed by atoms with E-state index in [-0.39, 0.29) is 11.6 Å². The maximum atomic E-state index is 11.5. The Morgan fingerprint density at radius 1 is 1.47 bits per heavy atom. The first-order valence-corrected chi connectivity index (χ1v) is 5.61. The molecule has 0 radical (unpaired) electrons. The fourth-order valence-electron chi connectivity index (χ4n) is 0.804. The maximum absolute atomic E-state index is 11.5. The van der Waals surface area contributed by atoms with Crippen molar-refractivity contribution < 1.29 is 19.8 Å². The number of aromatic nitrogens is 1. The van der Waals surface area contributed by atoms with Crippen LogP contribution in [-0.4, -0.2) is 32.6 Å². The fourth-order valence-corrected chi connectivity index (χ4v) is 1.51. The monoisotopic (exact) mass is 259 g/mol. The quantitative estimate of drug-likeness (QED) is 0.529. The van der Waals surface area contributed by atoms with E-state index in [4.69, 9.17) is 5.11 Å². The number of nitrogens with zero attached hydrogens (tertiary/aromatic N) is 1. The maximum Gasteiger partial charge on any atom is 0.298 e. The lowest BCUT2D eigenvalue weighted by atomic mass is 10.1. The number of carbonyl (C=O) groups is 2. The molecule has 94 valence electrons. The number of hydrazine groups is 1. The van der Waals surface area contributed by atoms with Gasteiger partial charge in [-0.15, -0.1) is 11.3 Å². The van der Waals surface area contributed by atoms with Gasteiger partial charge in [-0.1, -0.05) is 0 Å². The van der Waals surface area contributed by atoms with Gasteiger partial charge in [0.25, 0.3) is 11.8 Å². The van der Waals surface area contributed by atoms with E-state index in [1.807, 2.05) is 0 Å². The van der Waals surface area contributed by atoms with E-state index in [1.54, 1.807) is 0 Å². The number of aliphatic hydroxyl groups excluding tert-OH is 1. The summed E-state index contributed by atoms with van der Waals surface area (Å²) in [6, 6.07) is 0. The van der Waals surface area contributed by atoms with Crippen molar-refractivity contribution in [2.24, 2.45) is 0 Å². The molecular weight excluding hydrogens is 246 g/mol. The number of amides is 2. The highest BCUT2D eigenvalue weighted by atomic mass is 32.1. The summed E-state index contributed by atoms with van der Waals surface area (Å²) in [6.45, 7) is 2.34. The van der Waals surface area contributed by atoms with E-state index in [9.17, 15) is 14.7 Å². The topological polar surface area (TPSA) is 112 Å². The van der Waals surface area contributed by atoms with Crippen LogP contribution in [0.4, 0.5) is 0 Å². The molecule has 1 heterocycles. The molecule has 0 saturated carbocycles. The van der Waals surface area contributed by atoms with Crippen molar-refractivity contribution in [3.8, 4) is 0 Å². The molecule has 0 spiro atoms. The third kappa shape index (κ3) is 3.77. The van der Waals surface area contributed by atoms with Crippen LogP contribution in [0.5, 0.6) is 0 Å². The van der Waals surface area contributed by atoms with Crippen LogP contribution in [0.2, 0.25) is 0 Å². The molecule has 0 aliphatic heterocycles. The predicted molar refractivity (Wildman–Crippen MR) is 59.9 cm³/mol. The van der Waals surface area contributed by atoms with Gasteiger partial charge in [0.15, 0.2) is 5.01 Å². The van der Waals surface area contributed by atoms with Crippen molar-refractivity contribution in [1.29, 1.82) is 0 Å². The summed E-state index contributed by atoms with van der Waals surface area (Å²) in [4.78, 5) is 26.5. The van der Waals surface area contributed by atoms with Gasteiger partial charge in [-0.05, 0) is 13.8 Å². The van der Waals surface area contributed by atoms with Crippen LogP contribution in [0, 0.1) is 0 Å². The molecule has 0 aromatic carbocycles. The van der Waals surface area contributed by atoms with E-state index in [2.05, 4.69) is 15.8 Å². The van der Waals surface area contributed by atoms with Crippen molar-refractivity contribution in [2.75, 3.05) is 0 Å². The first-order valence-electron chi connectivity index (χ1n) is 4.73. The summed E-state index contributed by atoms with van der Waals surface area (Å²) in [5.74, 6) is -1.34. The minimum atomic E-state index is -1.58. The van der Waals surface area contributed by atoms with E-state index in [1.165, 1.54) is 19.2 Å². The van der Waals surface area contributed by atoms with Crippen LogP contribution < -0.4 is 10.9 Å². The lowest BCUT2D eigenvalue weighted by Gasteiger charge is -2.16. The van der Waals surface area contributed by atoms with Gasteiger partial charge in [0, 0.05) is 5.38 Å². The summed E-state index contributed by atoms with van der Waals surface area (Å²) in [7, 11) is 0. The van der Waals surface area contributed by atoms with Crippen molar-refractivity contribution >= 4 is 23.2 Å². The molecule has 1 aromatic rings. The van der Waals surface area contributed by atoms with E-state index < -0.39 is 17.4 Å². The third-order valence-electron chi connectivity index (χ3n) is 1.75. The molecule has 4 N–H and O–H groups in total. The molecule has 0 bridgehead atoms. The summed E-state index contributed by atoms with van der Waals surface area (Å²) in [5.41, 5.74) is 2.98. The number of hydrogen-bond donors (Lipinski definition) is 4. The van der Waals surface area contributed by atoms with Gasteiger partial charge >= 0.3 is 0 Å². The van der Waals surface area contributed by atoms with Gasteiger partial charge in [0.05, 0.1) is 12.3 Å². The smallest absolute Gasteiger partial charge is 0.298 e. The largest absolute Gasteiger partial charge is 0.390 e. The Balaban J connectivity index is 2.53. The second-order valence-corrected chi connectivity index (χ2v) is 4.63. The number of thiazole rings is 1. The standard InChI is InChI=1S/C9H13N3O4S/c1-9(2,16)8(15)12-11-6(14)7-10-5(3-13)4-17-7/h4,13,16H,3H2,1-2H3,(H,11,14)(H,12,15). The number of aliphatic hydroxyl groups is 2. The highest BCUT2D eigenvalue weighted by Crippen LogP contribution is 2.09. The third-order valence-corrected chi connectivity index (χ3v) is 2.64. The van der Waals surface area contributed by atoms with Crippen LogP contribution in [0.25, 0.3) is 0 Å². The number of hydrogen-bond acceptors (Lipinski definition) is 6. The molecule has 0 fully saturated rings. The number of carbonyl (C=O) groups excluding carboxylic acids is 2. The molecule has 1 aromatic heterocycles. The SMILES string of the molecule is CC(C)(O)C(=O)NNC(=O)c1nc(CO)cs1. The minimum Gasteiger partial charge on any atom is -0.390 e. The molecule has 7 nitrogen and oxygen atoms in total. The Labute approximate surface area is 101 Å². The van der Waals surface area contributed by atoms with Crippen LogP contribution >= 0.6 is 11.3 Å². The van der Waals surface area contributed by atoms with Gasteiger partial charge < -0.3 is 10.2 Å². The lowest BCUT2D eigenvalue weighted by molar-refractivity contribution is -0.137. The van der Waals surface area contributed by atoms with E-state index in [0.29, 0.717) is 5.69 Å². The average Bonchev–Trinajstić information content (AvgIpc) is 2.72. The summed E-state index contributed by atoms with van der Waals surface area (Å²) >= 11 is 1.04. The molecule has 1 rings (SSSR count). The summed E-state index contributed by atoms with van der Waals surface area (Å²) < 4.78 is 0. The van der Waals surface area contributed by atoms with Gasteiger partial charge in [-0.2, -0.15) is 0 Å². The van der Waals surface area contributed by atoms with Gasteiger partial charge in [0.2, 0.25) is 0 Å². The van der Waals surface area contributed by atoms with E-state index >= 15 is 0 Å². The van der Waals surface area contributed by atoms with Crippen molar-refractivity contribution in [3.05, 3.63) is 16.1 Å².